The molecule has 0 radical (unpaired) electrons. The summed E-state index contributed by atoms with van der Waals surface area (Å²) in [5, 5.41) is 6.82. The lowest BCUT2D eigenvalue weighted by Crippen LogP contribution is -2.23. The van der Waals surface area contributed by atoms with Gasteiger partial charge in [-0.3, -0.25) is 9.59 Å². The van der Waals surface area contributed by atoms with Gasteiger partial charge < -0.3 is 10.6 Å². The van der Waals surface area contributed by atoms with Gasteiger partial charge in [0.15, 0.2) is 0 Å². The maximum Gasteiger partial charge on any atom is 0.255 e. The van der Waals surface area contributed by atoms with E-state index in [1.807, 2.05) is 67.6 Å². The van der Waals surface area contributed by atoms with Crippen molar-refractivity contribution in [3.8, 4) is 0 Å². The lowest BCUT2D eigenvalue weighted by Gasteiger charge is -2.09. The molecule has 0 bridgehead atoms. The first-order valence-electron chi connectivity index (χ1n) is 10.1. The number of benzene rings is 3. The topological polar surface area (TPSA) is 71.1 Å². The molecule has 1 aromatic heterocycles. The molecule has 0 saturated heterocycles. The number of rotatable bonds is 7. The molecule has 0 saturated carbocycles. The normalized spacial score (nSPS) is 10.7. The summed E-state index contributed by atoms with van der Waals surface area (Å²) in [6.07, 6.45) is 1.02. The van der Waals surface area contributed by atoms with Crippen LogP contribution < -0.4 is 10.6 Å². The van der Waals surface area contributed by atoms with Gasteiger partial charge >= 0.3 is 0 Å². The van der Waals surface area contributed by atoms with E-state index in [1.54, 1.807) is 23.5 Å². The zero-order chi connectivity index (χ0) is 21.6. The Kier molecular flexibility index (Phi) is 6.38. The summed E-state index contributed by atoms with van der Waals surface area (Å²) in [6, 6.07) is 22.9. The Bertz CT molecular complexity index is 1180. The van der Waals surface area contributed by atoms with E-state index in [9.17, 15) is 9.59 Å². The van der Waals surface area contributed by atoms with Crippen molar-refractivity contribution in [3.05, 3.63) is 94.5 Å². The SMILES string of the molecule is Cc1ccc(C(=O)Nc2cccc(CNC(=O)CCc3nc4ccccc4s3)c2)cc1. The van der Waals surface area contributed by atoms with Gasteiger partial charge in [-0.25, -0.2) is 4.98 Å². The van der Waals surface area contributed by atoms with Gasteiger partial charge in [-0.1, -0.05) is 42.0 Å². The summed E-state index contributed by atoms with van der Waals surface area (Å²) >= 11 is 1.63. The zero-order valence-electron chi connectivity index (χ0n) is 17.2. The van der Waals surface area contributed by atoms with Crippen LogP contribution in [-0.4, -0.2) is 16.8 Å². The van der Waals surface area contributed by atoms with Gasteiger partial charge in [0.25, 0.3) is 5.91 Å². The highest BCUT2D eigenvalue weighted by Crippen LogP contribution is 2.22. The van der Waals surface area contributed by atoms with Crippen LogP contribution >= 0.6 is 11.3 Å². The molecule has 4 rings (SSSR count). The Morgan fingerprint density at radius 2 is 1.77 bits per heavy atom. The fraction of sp³-hybridized carbons (Fsp3) is 0.160. The number of para-hydroxylation sites is 1. The number of hydrogen-bond donors (Lipinski definition) is 2. The van der Waals surface area contributed by atoms with E-state index in [0.29, 0.717) is 30.6 Å². The van der Waals surface area contributed by atoms with Crippen LogP contribution in [0, 0.1) is 6.92 Å². The van der Waals surface area contributed by atoms with Crippen LogP contribution in [0.3, 0.4) is 0 Å². The first kappa shape index (κ1) is 20.8. The van der Waals surface area contributed by atoms with Crippen molar-refractivity contribution in [1.29, 1.82) is 0 Å². The average Bonchev–Trinajstić information content (AvgIpc) is 3.20. The van der Waals surface area contributed by atoms with Crippen LogP contribution in [0.25, 0.3) is 10.2 Å². The van der Waals surface area contributed by atoms with E-state index in [1.165, 1.54) is 0 Å². The molecular weight excluding hydrogens is 406 g/mol. The maximum absolute atomic E-state index is 12.4. The van der Waals surface area contributed by atoms with Crippen LogP contribution in [-0.2, 0) is 17.8 Å². The van der Waals surface area contributed by atoms with Gasteiger partial charge in [0.1, 0.15) is 0 Å². The van der Waals surface area contributed by atoms with Crippen LogP contribution in [0.2, 0.25) is 0 Å². The fourth-order valence-electron chi connectivity index (χ4n) is 3.20. The smallest absolute Gasteiger partial charge is 0.255 e. The van der Waals surface area contributed by atoms with Crippen molar-refractivity contribution in [2.24, 2.45) is 0 Å². The second-order valence-electron chi connectivity index (χ2n) is 7.37. The predicted octanol–water partition coefficient (Wildman–Crippen LogP) is 5.11. The Morgan fingerprint density at radius 3 is 2.58 bits per heavy atom. The van der Waals surface area contributed by atoms with Crippen LogP contribution in [0.5, 0.6) is 0 Å². The summed E-state index contributed by atoms with van der Waals surface area (Å²) in [5.74, 6) is -0.176. The molecule has 2 amide bonds. The number of anilines is 1. The molecule has 4 aromatic rings. The van der Waals surface area contributed by atoms with Crippen molar-refractivity contribution in [3.63, 3.8) is 0 Å². The van der Waals surface area contributed by atoms with Gasteiger partial charge in [0.2, 0.25) is 5.91 Å². The Hall–Kier alpha value is -3.51. The molecule has 5 nitrogen and oxygen atoms in total. The molecule has 0 aliphatic heterocycles. The third-order valence-corrected chi connectivity index (χ3v) is 5.99. The minimum absolute atomic E-state index is 0.0200. The van der Waals surface area contributed by atoms with E-state index in [0.717, 1.165) is 26.4 Å². The van der Waals surface area contributed by atoms with Gasteiger partial charge in [-0.2, -0.15) is 0 Å². The molecule has 156 valence electrons. The van der Waals surface area contributed by atoms with Crippen molar-refractivity contribution in [2.75, 3.05) is 5.32 Å². The van der Waals surface area contributed by atoms with E-state index >= 15 is 0 Å². The minimum Gasteiger partial charge on any atom is -0.352 e. The molecule has 0 aliphatic carbocycles. The molecule has 0 spiro atoms. The number of hydrogen-bond acceptors (Lipinski definition) is 4. The summed E-state index contributed by atoms with van der Waals surface area (Å²) in [7, 11) is 0. The summed E-state index contributed by atoms with van der Waals surface area (Å²) in [4.78, 5) is 29.2. The van der Waals surface area contributed by atoms with E-state index < -0.39 is 0 Å². The van der Waals surface area contributed by atoms with Crippen molar-refractivity contribution < 1.29 is 9.59 Å². The van der Waals surface area contributed by atoms with Crippen LogP contribution in [0.1, 0.15) is 32.9 Å². The standard InChI is InChI=1S/C25H23N3O2S/c1-17-9-11-19(12-10-17)25(30)27-20-6-4-5-18(15-20)16-26-23(29)13-14-24-28-21-7-2-3-8-22(21)31-24/h2-12,15H,13-14,16H2,1H3,(H,26,29)(H,27,30). The number of amides is 2. The number of carbonyl (C=O) groups excluding carboxylic acids is 2. The maximum atomic E-state index is 12.4. The highest BCUT2D eigenvalue weighted by molar-refractivity contribution is 7.18. The Balaban J connectivity index is 1.28. The first-order chi connectivity index (χ1) is 15.1. The average molecular weight is 430 g/mol. The van der Waals surface area contributed by atoms with Gasteiger partial charge in [0.05, 0.1) is 15.2 Å². The Labute approximate surface area is 185 Å². The molecule has 3 aromatic carbocycles. The van der Waals surface area contributed by atoms with Crippen molar-refractivity contribution >= 4 is 39.1 Å². The molecule has 0 unspecified atom stereocenters. The van der Waals surface area contributed by atoms with Gasteiger partial charge in [-0.15, -0.1) is 11.3 Å². The number of fused-ring (bicyclic) bond motifs is 1. The molecule has 0 atom stereocenters. The number of thiazole rings is 1. The van der Waals surface area contributed by atoms with Crippen molar-refractivity contribution in [1.82, 2.24) is 10.3 Å². The number of aryl methyl sites for hydroxylation is 2. The van der Waals surface area contributed by atoms with Crippen LogP contribution in [0.15, 0.2) is 72.8 Å². The first-order valence-corrected chi connectivity index (χ1v) is 11.0. The van der Waals surface area contributed by atoms with Gasteiger partial charge in [0, 0.05) is 30.6 Å². The minimum atomic E-state index is -0.156. The largest absolute Gasteiger partial charge is 0.352 e. The highest BCUT2D eigenvalue weighted by Gasteiger charge is 2.09. The van der Waals surface area contributed by atoms with E-state index in [4.69, 9.17) is 0 Å². The number of nitrogens with one attached hydrogen (secondary N) is 2. The predicted molar refractivity (Wildman–Crippen MR) is 125 cm³/mol. The molecule has 31 heavy (non-hydrogen) atoms. The molecule has 6 heteroatoms. The number of carbonyl (C=O) groups is 2. The number of aromatic nitrogens is 1. The molecule has 0 fully saturated rings. The van der Waals surface area contributed by atoms with Crippen molar-refractivity contribution in [2.45, 2.75) is 26.3 Å². The van der Waals surface area contributed by atoms with E-state index in [-0.39, 0.29) is 11.8 Å². The summed E-state index contributed by atoms with van der Waals surface area (Å²) in [6.45, 7) is 2.39. The monoisotopic (exact) mass is 429 g/mol. The third kappa shape index (κ3) is 5.55. The zero-order valence-corrected chi connectivity index (χ0v) is 18.0. The van der Waals surface area contributed by atoms with Crippen LogP contribution in [0.4, 0.5) is 5.69 Å². The van der Waals surface area contributed by atoms with Gasteiger partial charge in [-0.05, 0) is 48.9 Å². The lowest BCUT2D eigenvalue weighted by atomic mass is 10.1. The quantitative estimate of drug-likeness (QED) is 0.429. The molecule has 1 heterocycles. The second kappa shape index (κ2) is 9.53. The van der Waals surface area contributed by atoms with E-state index in [2.05, 4.69) is 15.6 Å². The third-order valence-electron chi connectivity index (χ3n) is 4.89. The lowest BCUT2D eigenvalue weighted by molar-refractivity contribution is -0.121. The Morgan fingerprint density at radius 1 is 0.968 bits per heavy atom. The molecule has 2 N–H and O–H groups in total. The number of nitrogens with zero attached hydrogens (tertiary/aromatic N) is 1. The fourth-order valence-corrected chi connectivity index (χ4v) is 4.17. The highest BCUT2D eigenvalue weighted by atomic mass is 32.1. The summed E-state index contributed by atoms with van der Waals surface area (Å²) in [5.41, 5.74) is 4.32. The molecular formula is C25H23N3O2S. The summed E-state index contributed by atoms with van der Waals surface area (Å²) < 4.78 is 1.14. The molecule has 0 aliphatic rings. The second-order valence-corrected chi connectivity index (χ2v) is 8.49.